The molecule has 0 fully saturated rings. The van der Waals surface area contributed by atoms with Crippen LogP contribution in [0.1, 0.15) is 35.9 Å². The lowest BCUT2D eigenvalue weighted by atomic mass is 10.1. The number of carbonyl (C=O) groups excluding carboxylic acids is 1. The second kappa shape index (κ2) is 6.63. The van der Waals surface area contributed by atoms with Crippen molar-refractivity contribution in [2.75, 3.05) is 18.6 Å². The van der Waals surface area contributed by atoms with Crippen LogP contribution in [0.3, 0.4) is 0 Å². The molecule has 1 aromatic carbocycles. The Morgan fingerprint density at radius 1 is 1.48 bits per heavy atom. The Morgan fingerprint density at radius 2 is 2.19 bits per heavy atom. The quantitative estimate of drug-likeness (QED) is 0.788. The van der Waals surface area contributed by atoms with Crippen LogP contribution in [0.15, 0.2) is 34.9 Å². The Kier molecular flexibility index (Phi) is 4.85. The maximum absolute atomic E-state index is 11.6. The number of oxazole rings is 1. The van der Waals surface area contributed by atoms with Crippen LogP contribution >= 0.6 is 11.6 Å². The zero-order valence-corrected chi connectivity index (χ0v) is 12.9. The predicted molar refractivity (Wildman–Crippen MR) is 80.7 cm³/mol. The van der Waals surface area contributed by atoms with Gasteiger partial charge in [0.2, 0.25) is 0 Å². The van der Waals surface area contributed by atoms with Gasteiger partial charge in [0, 0.05) is 12.1 Å². The molecule has 21 heavy (non-hydrogen) atoms. The van der Waals surface area contributed by atoms with Crippen molar-refractivity contribution in [3.8, 4) is 0 Å². The van der Waals surface area contributed by atoms with Gasteiger partial charge in [-0.2, -0.15) is 4.98 Å². The third-order valence-corrected chi connectivity index (χ3v) is 3.56. The van der Waals surface area contributed by atoms with E-state index in [9.17, 15) is 4.79 Å². The molecule has 0 amide bonds. The maximum Gasteiger partial charge on any atom is 0.360 e. The molecule has 0 bridgehead atoms. The summed E-state index contributed by atoms with van der Waals surface area (Å²) in [5, 5.41) is 0.675. The van der Waals surface area contributed by atoms with Crippen LogP contribution < -0.4 is 4.90 Å². The first-order chi connectivity index (χ1) is 10.0. The Morgan fingerprint density at radius 3 is 2.86 bits per heavy atom. The lowest BCUT2D eigenvalue weighted by molar-refractivity contribution is 0.0519. The highest BCUT2D eigenvalue weighted by molar-refractivity contribution is 6.31. The van der Waals surface area contributed by atoms with E-state index in [2.05, 4.69) is 4.98 Å². The molecule has 0 aliphatic heterocycles. The Labute approximate surface area is 128 Å². The molecule has 1 heterocycles. The average molecular weight is 309 g/mol. The Balaban J connectivity index is 2.18. The number of anilines is 1. The van der Waals surface area contributed by atoms with Crippen LogP contribution in [0, 0.1) is 0 Å². The number of hydrogen-bond acceptors (Lipinski definition) is 5. The third-order valence-electron chi connectivity index (χ3n) is 3.21. The first-order valence-electron chi connectivity index (χ1n) is 6.64. The second-order valence-electron chi connectivity index (χ2n) is 4.54. The first-order valence-corrected chi connectivity index (χ1v) is 7.02. The largest absolute Gasteiger partial charge is 0.461 e. The van der Waals surface area contributed by atoms with Gasteiger partial charge in [-0.25, -0.2) is 4.79 Å². The lowest BCUT2D eigenvalue weighted by Gasteiger charge is -2.24. The first kappa shape index (κ1) is 15.4. The van der Waals surface area contributed by atoms with Crippen molar-refractivity contribution in [3.05, 3.63) is 46.8 Å². The molecule has 2 aromatic rings. The number of halogens is 1. The minimum Gasteiger partial charge on any atom is -0.461 e. The van der Waals surface area contributed by atoms with Crippen molar-refractivity contribution >= 4 is 23.6 Å². The summed E-state index contributed by atoms with van der Waals surface area (Å²) in [6, 6.07) is 7.87. The van der Waals surface area contributed by atoms with Crippen LogP contribution in [0.25, 0.3) is 0 Å². The molecule has 2 rings (SSSR count). The smallest absolute Gasteiger partial charge is 0.360 e. The van der Waals surface area contributed by atoms with Gasteiger partial charge >= 0.3 is 5.97 Å². The standard InChI is InChI=1S/C15H17ClN2O3/c1-4-20-14(19)13-9-21-15(17-13)18(3)10(2)11-7-5-6-8-12(11)16/h5-10H,4H2,1-3H3. The summed E-state index contributed by atoms with van der Waals surface area (Å²) < 4.78 is 10.2. The fourth-order valence-electron chi connectivity index (χ4n) is 1.91. The Bertz CT molecular complexity index is 627. The van der Waals surface area contributed by atoms with Crippen molar-refractivity contribution in [1.29, 1.82) is 0 Å². The SMILES string of the molecule is CCOC(=O)c1coc(N(C)C(C)c2ccccc2Cl)n1. The molecule has 1 atom stereocenters. The van der Waals surface area contributed by atoms with Gasteiger partial charge in [-0.15, -0.1) is 0 Å². The highest BCUT2D eigenvalue weighted by Gasteiger charge is 2.21. The van der Waals surface area contributed by atoms with Crippen LogP contribution in [-0.4, -0.2) is 24.6 Å². The number of benzene rings is 1. The second-order valence-corrected chi connectivity index (χ2v) is 4.95. The molecular formula is C15H17ClN2O3. The van der Waals surface area contributed by atoms with Crippen molar-refractivity contribution in [2.45, 2.75) is 19.9 Å². The minimum absolute atomic E-state index is 0.0487. The zero-order valence-electron chi connectivity index (χ0n) is 12.2. The minimum atomic E-state index is -0.494. The van der Waals surface area contributed by atoms with Gasteiger partial charge in [0.1, 0.15) is 6.26 Å². The van der Waals surface area contributed by atoms with E-state index in [1.165, 1.54) is 6.26 Å². The maximum atomic E-state index is 11.6. The van der Waals surface area contributed by atoms with Gasteiger partial charge in [-0.3, -0.25) is 0 Å². The third kappa shape index (κ3) is 3.36. The number of rotatable bonds is 5. The van der Waals surface area contributed by atoms with E-state index in [-0.39, 0.29) is 11.7 Å². The molecule has 0 aliphatic rings. The molecule has 0 spiro atoms. The average Bonchev–Trinajstić information content (AvgIpc) is 2.96. The number of ether oxygens (including phenoxy) is 1. The van der Waals surface area contributed by atoms with Crippen molar-refractivity contribution in [3.63, 3.8) is 0 Å². The summed E-state index contributed by atoms with van der Waals surface area (Å²) in [7, 11) is 1.83. The van der Waals surface area contributed by atoms with Crippen LogP contribution in [-0.2, 0) is 4.74 Å². The number of nitrogens with zero attached hydrogens (tertiary/aromatic N) is 2. The predicted octanol–water partition coefficient (Wildman–Crippen LogP) is 3.70. The molecule has 0 saturated heterocycles. The molecule has 5 nitrogen and oxygen atoms in total. The van der Waals surface area contributed by atoms with Gasteiger partial charge in [0.25, 0.3) is 6.01 Å². The molecule has 0 radical (unpaired) electrons. The highest BCUT2D eigenvalue weighted by atomic mass is 35.5. The molecule has 1 unspecified atom stereocenters. The normalized spacial score (nSPS) is 12.0. The van der Waals surface area contributed by atoms with Crippen molar-refractivity contribution < 1.29 is 13.9 Å². The van der Waals surface area contributed by atoms with Crippen molar-refractivity contribution in [2.24, 2.45) is 0 Å². The van der Waals surface area contributed by atoms with Gasteiger partial charge in [0.05, 0.1) is 12.6 Å². The van der Waals surface area contributed by atoms with E-state index < -0.39 is 5.97 Å². The number of hydrogen-bond donors (Lipinski definition) is 0. The molecule has 0 N–H and O–H groups in total. The summed E-state index contributed by atoms with van der Waals surface area (Å²) in [5.74, 6) is -0.494. The fraction of sp³-hybridized carbons (Fsp3) is 0.333. The van der Waals surface area contributed by atoms with Gasteiger partial charge < -0.3 is 14.1 Å². The molecule has 0 saturated carbocycles. The van der Waals surface area contributed by atoms with Crippen LogP contribution in [0.5, 0.6) is 0 Å². The van der Waals surface area contributed by atoms with Crippen LogP contribution in [0.4, 0.5) is 6.01 Å². The van der Waals surface area contributed by atoms with Crippen LogP contribution in [0.2, 0.25) is 5.02 Å². The van der Waals surface area contributed by atoms with E-state index in [0.717, 1.165) is 5.56 Å². The lowest BCUT2D eigenvalue weighted by Crippen LogP contribution is -2.22. The van der Waals surface area contributed by atoms with E-state index in [0.29, 0.717) is 17.6 Å². The summed E-state index contributed by atoms with van der Waals surface area (Å²) in [6.07, 6.45) is 1.29. The summed E-state index contributed by atoms with van der Waals surface area (Å²) >= 11 is 6.20. The zero-order chi connectivity index (χ0) is 15.4. The number of aromatic nitrogens is 1. The van der Waals surface area contributed by atoms with Gasteiger partial charge in [-0.1, -0.05) is 29.8 Å². The summed E-state index contributed by atoms with van der Waals surface area (Å²) in [5.41, 5.74) is 1.11. The molecule has 6 heteroatoms. The molecule has 1 aromatic heterocycles. The number of carbonyl (C=O) groups is 1. The van der Waals surface area contributed by atoms with Gasteiger partial charge in [0.15, 0.2) is 5.69 Å². The molecule has 112 valence electrons. The monoisotopic (exact) mass is 308 g/mol. The van der Waals surface area contributed by atoms with E-state index in [1.807, 2.05) is 43.1 Å². The number of esters is 1. The van der Waals surface area contributed by atoms with Crippen molar-refractivity contribution in [1.82, 2.24) is 4.98 Å². The highest BCUT2D eigenvalue weighted by Crippen LogP contribution is 2.29. The topological polar surface area (TPSA) is 55.6 Å². The molecule has 0 aliphatic carbocycles. The summed E-state index contributed by atoms with van der Waals surface area (Å²) in [6.45, 7) is 4.02. The van der Waals surface area contributed by atoms with E-state index in [1.54, 1.807) is 6.92 Å². The fourth-order valence-corrected chi connectivity index (χ4v) is 2.21. The molecular weight excluding hydrogens is 292 g/mol. The van der Waals surface area contributed by atoms with E-state index >= 15 is 0 Å². The van der Waals surface area contributed by atoms with E-state index in [4.69, 9.17) is 20.8 Å². The summed E-state index contributed by atoms with van der Waals surface area (Å²) in [4.78, 5) is 17.5. The van der Waals surface area contributed by atoms with Gasteiger partial charge in [-0.05, 0) is 25.5 Å². The Hall–Kier alpha value is -2.01.